The first-order chi connectivity index (χ1) is 18.8. The average molecular weight is 493 g/mol. The predicted octanol–water partition coefficient (Wildman–Crippen LogP) is 5.82. The highest BCUT2D eigenvalue weighted by Crippen LogP contribution is 2.27. The number of hydrogen-bond acceptors (Lipinski definition) is 5. The molecule has 7 nitrogen and oxygen atoms in total. The molecule has 38 heavy (non-hydrogen) atoms. The van der Waals surface area contributed by atoms with E-state index >= 15 is 0 Å². The molecule has 0 aliphatic heterocycles. The summed E-state index contributed by atoms with van der Waals surface area (Å²) >= 11 is 0. The molecule has 3 heterocycles. The lowest BCUT2D eigenvalue weighted by Gasteiger charge is -2.10. The monoisotopic (exact) mass is 492 g/mol. The Hall–Kier alpha value is -5.43. The van der Waals surface area contributed by atoms with Gasteiger partial charge < -0.3 is 0 Å². The average Bonchev–Trinajstić information content (AvgIpc) is 3.31. The lowest BCUT2D eigenvalue weighted by molar-refractivity contribution is 0.922. The van der Waals surface area contributed by atoms with Gasteiger partial charge in [-0.25, -0.2) is 9.55 Å². The molecular formula is C31H20N6O. The zero-order valence-corrected chi connectivity index (χ0v) is 20.1. The summed E-state index contributed by atoms with van der Waals surface area (Å²) in [4.78, 5) is 32.3. The Bertz CT molecular complexity index is 1920. The van der Waals surface area contributed by atoms with Gasteiger partial charge >= 0.3 is 0 Å². The van der Waals surface area contributed by atoms with Crippen LogP contribution in [0.1, 0.15) is 0 Å². The number of benzene rings is 4. The fourth-order valence-electron chi connectivity index (χ4n) is 4.66. The van der Waals surface area contributed by atoms with Crippen molar-refractivity contribution in [3.63, 3.8) is 0 Å². The molecule has 0 unspecified atom stereocenters. The van der Waals surface area contributed by atoms with Gasteiger partial charge in [-0.05, 0) is 17.7 Å². The third-order valence-corrected chi connectivity index (χ3v) is 6.46. The normalized spacial score (nSPS) is 11.3. The van der Waals surface area contributed by atoms with Gasteiger partial charge in [-0.2, -0.15) is 15.0 Å². The SMILES string of the molecule is O=c1nc2n(-c3nc(-c4ccccc4)nc(-c4ccccc4)n3)c3ccccc3n2cc1-c1ccccc1. The van der Waals surface area contributed by atoms with E-state index in [-0.39, 0.29) is 5.56 Å². The quantitative estimate of drug-likeness (QED) is 0.309. The molecule has 0 spiro atoms. The second kappa shape index (κ2) is 8.90. The van der Waals surface area contributed by atoms with Crippen LogP contribution in [-0.2, 0) is 0 Å². The van der Waals surface area contributed by atoms with E-state index in [1.165, 1.54) is 0 Å². The van der Waals surface area contributed by atoms with E-state index in [9.17, 15) is 4.79 Å². The molecule has 4 aromatic carbocycles. The Kier molecular flexibility index (Phi) is 5.11. The zero-order chi connectivity index (χ0) is 25.5. The standard InChI is InChI=1S/C31H20N6O/c38-29-24(21-12-4-1-5-13-21)20-36-25-18-10-11-19-26(25)37(31(36)35-29)30-33-27(22-14-6-2-7-15-22)32-28(34-30)23-16-8-3-9-17-23/h1-20H. The van der Waals surface area contributed by atoms with Crippen LogP contribution in [0.3, 0.4) is 0 Å². The summed E-state index contributed by atoms with van der Waals surface area (Å²) < 4.78 is 3.75. The molecule has 0 bridgehead atoms. The minimum absolute atomic E-state index is 0.319. The van der Waals surface area contributed by atoms with E-state index in [1.54, 1.807) is 0 Å². The molecule has 7 heteroatoms. The highest BCUT2D eigenvalue weighted by molar-refractivity contribution is 5.83. The third kappa shape index (κ3) is 3.65. The third-order valence-electron chi connectivity index (χ3n) is 6.46. The maximum absolute atomic E-state index is 13.3. The summed E-state index contributed by atoms with van der Waals surface area (Å²) in [5, 5.41) is 0. The van der Waals surface area contributed by atoms with Crippen LogP contribution >= 0.6 is 0 Å². The van der Waals surface area contributed by atoms with Crippen LogP contribution in [-0.4, -0.2) is 28.9 Å². The first kappa shape index (κ1) is 21.8. The molecule has 0 atom stereocenters. The van der Waals surface area contributed by atoms with Gasteiger partial charge in [-0.1, -0.05) is 103 Å². The van der Waals surface area contributed by atoms with Gasteiger partial charge in [0.1, 0.15) is 0 Å². The molecule has 7 rings (SSSR count). The largest absolute Gasteiger partial charge is 0.284 e. The van der Waals surface area contributed by atoms with Crippen molar-refractivity contribution in [3.05, 3.63) is 132 Å². The highest BCUT2D eigenvalue weighted by atomic mass is 16.1. The number of rotatable bonds is 4. The molecule has 180 valence electrons. The first-order valence-corrected chi connectivity index (χ1v) is 12.2. The van der Waals surface area contributed by atoms with E-state index in [2.05, 4.69) is 4.98 Å². The smallest absolute Gasteiger partial charge is 0.282 e. The van der Waals surface area contributed by atoms with Gasteiger partial charge in [0, 0.05) is 17.3 Å². The van der Waals surface area contributed by atoms with Crippen LogP contribution < -0.4 is 5.56 Å². The van der Waals surface area contributed by atoms with Crippen LogP contribution in [0, 0.1) is 0 Å². The number of hydrogen-bond donors (Lipinski definition) is 0. The van der Waals surface area contributed by atoms with E-state index in [4.69, 9.17) is 15.0 Å². The number of fused-ring (bicyclic) bond motifs is 3. The Balaban J connectivity index is 1.55. The zero-order valence-electron chi connectivity index (χ0n) is 20.1. The number of para-hydroxylation sites is 2. The van der Waals surface area contributed by atoms with Crippen LogP contribution in [0.25, 0.3) is 56.7 Å². The van der Waals surface area contributed by atoms with Gasteiger partial charge in [0.05, 0.1) is 16.6 Å². The minimum atomic E-state index is -0.319. The maximum atomic E-state index is 13.3. The van der Waals surface area contributed by atoms with Crippen LogP contribution in [0.5, 0.6) is 0 Å². The van der Waals surface area contributed by atoms with E-state index in [1.807, 2.05) is 130 Å². The van der Waals surface area contributed by atoms with Gasteiger partial charge in [0.2, 0.25) is 11.7 Å². The van der Waals surface area contributed by atoms with Crippen molar-refractivity contribution in [2.45, 2.75) is 0 Å². The lowest BCUT2D eigenvalue weighted by Crippen LogP contribution is -2.14. The van der Waals surface area contributed by atoms with Crippen molar-refractivity contribution in [1.29, 1.82) is 0 Å². The van der Waals surface area contributed by atoms with Gasteiger partial charge in [-0.15, -0.1) is 0 Å². The Labute approximate surface area is 217 Å². The Morgan fingerprint density at radius 1 is 0.500 bits per heavy atom. The molecular weight excluding hydrogens is 472 g/mol. The highest BCUT2D eigenvalue weighted by Gasteiger charge is 2.20. The predicted molar refractivity (Wildman–Crippen MR) is 148 cm³/mol. The van der Waals surface area contributed by atoms with E-state index in [0.717, 1.165) is 27.7 Å². The van der Waals surface area contributed by atoms with Crippen LogP contribution in [0.15, 0.2) is 126 Å². The molecule has 7 aromatic rings. The topological polar surface area (TPSA) is 78.0 Å². The number of imidazole rings is 1. The second-order valence-corrected chi connectivity index (χ2v) is 8.83. The summed E-state index contributed by atoms with van der Waals surface area (Å²) in [6, 6.07) is 37.0. The Morgan fingerprint density at radius 3 is 1.58 bits per heavy atom. The molecule has 0 saturated carbocycles. The second-order valence-electron chi connectivity index (χ2n) is 8.83. The van der Waals surface area contributed by atoms with Crippen LogP contribution in [0.2, 0.25) is 0 Å². The van der Waals surface area contributed by atoms with Crippen molar-refractivity contribution >= 4 is 16.8 Å². The summed E-state index contributed by atoms with van der Waals surface area (Å²) in [5.41, 5.74) is 4.46. The molecule has 3 aromatic heterocycles. The maximum Gasteiger partial charge on any atom is 0.282 e. The molecule has 0 aliphatic rings. The molecule has 0 amide bonds. The van der Waals surface area contributed by atoms with E-state index in [0.29, 0.717) is 28.9 Å². The van der Waals surface area contributed by atoms with E-state index < -0.39 is 0 Å². The summed E-state index contributed by atoms with van der Waals surface area (Å²) in [6.07, 6.45) is 1.84. The lowest BCUT2D eigenvalue weighted by atomic mass is 10.1. The van der Waals surface area contributed by atoms with Crippen molar-refractivity contribution < 1.29 is 0 Å². The molecule has 0 saturated heterocycles. The summed E-state index contributed by atoms with van der Waals surface area (Å²) in [5.74, 6) is 1.89. The van der Waals surface area contributed by atoms with Gasteiger partial charge in [-0.3, -0.25) is 9.20 Å². The van der Waals surface area contributed by atoms with Crippen molar-refractivity contribution in [2.75, 3.05) is 0 Å². The van der Waals surface area contributed by atoms with Gasteiger partial charge in [0.15, 0.2) is 11.6 Å². The Morgan fingerprint density at radius 2 is 1.00 bits per heavy atom. The minimum Gasteiger partial charge on any atom is -0.284 e. The molecule has 0 N–H and O–H groups in total. The van der Waals surface area contributed by atoms with Crippen LogP contribution in [0.4, 0.5) is 0 Å². The van der Waals surface area contributed by atoms with Crippen molar-refractivity contribution in [1.82, 2.24) is 28.9 Å². The first-order valence-electron chi connectivity index (χ1n) is 12.2. The fraction of sp³-hybridized carbons (Fsp3) is 0. The number of aromatic nitrogens is 6. The molecule has 0 fully saturated rings. The molecule has 0 radical (unpaired) electrons. The fourth-order valence-corrected chi connectivity index (χ4v) is 4.66. The summed E-state index contributed by atoms with van der Waals surface area (Å²) in [7, 11) is 0. The van der Waals surface area contributed by atoms with Crippen molar-refractivity contribution in [3.8, 4) is 39.9 Å². The van der Waals surface area contributed by atoms with Gasteiger partial charge in [0.25, 0.3) is 5.56 Å². The number of nitrogens with zero attached hydrogens (tertiary/aromatic N) is 6. The van der Waals surface area contributed by atoms with Crippen molar-refractivity contribution in [2.24, 2.45) is 0 Å². The molecule has 0 aliphatic carbocycles. The summed E-state index contributed by atoms with van der Waals surface area (Å²) in [6.45, 7) is 0.